The first-order chi connectivity index (χ1) is 9.95. The lowest BCUT2D eigenvalue weighted by molar-refractivity contribution is 0.313. The first-order valence-corrected chi connectivity index (χ1v) is 6.88. The van der Waals surface area contributed by atoms with Crippen molar-refractivity contribution in [3.63, 3.8) is 0 Å². The van der Waals surface area contributed by atoms with Crippen molar-refractivity contribution < 1.29 is 8.78 Å². The van der Waals surface area contributed by atoms with Gasteiger partial charge in [-0.3, -0.25) is 4.90 Å². The predicted molar refractivity (Wildman–Crippen MR) is 83.9 cm³/mol. The van der Waals surface area contributed by atoms with Crippen LogP contribution < -0.4 is 5.73 Å². The number of hydrogen-bond acceptors (Lipinski definition) is 2. The second-order valence-electron chi connectivity index (χ2n) is 4.97. The van der Waals surface area contributed by atoms with Crippen LogP contribution in [0.25, 0.3) is 0 Å². The normalized spacial score (nSPS) is 10.9. The summed E-state index contributed by atoms with van der Waals surface area (Å²) in [7, 11) is 1.87. The van der Waals surface area contributed by atoms with E-state index in [0.29, 0.717) is 23.6 Å². The highest BCUT2D eigenvalue weighted by Gasteiger charge is 2.08. The lowest BCUT2D eigenvalue weighted by Gasteiger charge is -2.17. The Bertz CT molecular complexity index is 658. The average molecular weight is 306 g/mol. The quantitative estimate of drug-likeness (QED) is 0.860. The summed E-state index contributed by atoms with van der Waals surface area (Å²) in [5.74, 6) is -1.10. The molecule has 0 radical (unpaired) electrons. The van der Waals surface area contributed by atoms with Gasteiger partial charge in [-0.15, -0.1) is 0 Å². The highest BCUT2D eigenvalue weighted by atomic mass is 32.1. The highest BCUT2D eigenvalue weighted by molar-refractivity contribution is 7.80. The van der Waals surface area contributed by atoms with E-state index in [0.717, 1.165) is 17.2 Å². The summed E-state index contributed by atoms with van der Waals surface area (Å²) in [5.41, 5.74) is 7.91. The summed E-state index contributed by atoms with van der Waals surface area (Å²) in [6, 6.07) is 11.2. The van der Waals surface area contributed by atoms with E-state index in [4.69, 9.17) is 18.0 Å². The van der Waals surface area contributed by atoms with Crippen LogP contribution in [0.15, 0.2) is 42.5 Å². The molecular weight excluding hydrogens is 290 g/mol. The Morgan fingerprint density at radius 2 is 1.90 bits per heavy atom. The Hall–Kier alpha value is -1.85. The molecule has 0 aromatic heterocycles. The molecule has 2 aromatic carbocycles. The predicted octanol–water partition coefficient (Wildman–Crippen LogP) is 3.23. The fraction of sp³-hybridized carbons (Fsp3) is 0.188. The molecule has 0 aliphatic rings. The van der Waals surface area contributed by atoms with Crippen molar-refractivity contribution in [2.75, 3.05) is 7.05 Å². The Morgan fingerprint density at radius 1 is 1.14 bits per heavy atom. The van der Waals surface area contributed by atoms with Crippen LogP contribution in [0.3, 0.4) is 0 Å². The van der Waals surface area contributed by atoms with Gasteiger partial charge in [0.2, 0.25) is 0 Å². The van der Waals surface area contributed by atoms with Gasteiger partial charge in [-0.25, -0.2) is 8.78 Å². The molecule has 0 heterocycles. The van der Waals surface area contributed by atoms with Crippen LogP contribution >= 0.6 is 12.2 Å². The maximum Gasteiger partial charge on any atom is 0.130 e. The van der Waals surface area contributed by atoms with Crippen LogP contribution in [-0.4, -0.2) is 16.9 Å². The van der Waals surface area contributed by atoms with Gasteiger partial charge in [-0.2, -0.15) is 0 Å². The molecule has 0 amide bonds. The minimum absolute atomic E-state index is 0.351. The van der Waals surface area contributed by atoms with E-state index < -0.39 is 11.6 Å². The molecule has 2 nitrogen and oxygen atoms in total. The molecule has 0 unspecified atom stereocenters. The number of nitrogens with zero attached hydrogens (tertiary/aromatic N) is 1. The van der Waals surface area contributed by atoms with Gasteiger partial charge in [0.1, 0.15) is 16.6 Å². The SMILES string of the molecule is CN(Cc1cccc(C(N)=S)c1)Cc1ccc(F)cc1F. The minimum atomic E-state index is -0.567. The van der Waals surface area contributed by atoms with Gasteiger partial charge in [-0.05, 0) is 24.7 Å². The van der Waals surface area contributed by atoms with E-state index in [-0.39, 0.29) is 0 Å². The number of thiocarbonyl (C=S) groups is 1. The van der Waals surface area contributed by atoms with E-state index in [2.05, 4.69) is 0 Å². The van der Waals surface area contributed by atoms with Crippen molar-refractivity contribution in [2.24, 2.45) is 5.73 Å². The molecule has 0 aliphatic carbocycles. The molecule has 0 aliphatic heterocycles. The van der Waals surface area contributed by atoms with E-state index in [1.807, 2.05) is 36.2 Å². The topological polar surface area (TPSA) is 29.3 Å². The fourth-order valence-corrected chi connectivity index (χ4v) is 2.26. The van der Waals surface area contributed by atoms with Gasteiger partial charge in [-0.1, -0.05) is 36.5 Å². The molecule has 2 aromatic rings. The molecule has 0 bridgehead atoms. The lowest BCUT2D eigenvalue weighted by Crippen LogP contribution is -2.18. The zero-order valence-corrected chi connectivity index (χ0v) is 12.5. The van der Waals surface area contributed by atoms with Gasteiger partial charge in [0.05, 0.1) is 0 Å². The van der Waals surface area contributed by atoms with Gasteiger partial charge >= 0.3 is 0 Å². The largest absolute Gasteiger partial charge is 0.389 e. The van der Waals surface area contributed by atoms with Crippen molar-refractivity contribution in [1.29, 1.82) is 0 Å². The second kappa shape index (κ2) is 6.74. The Kier molecular flexibility index (Phi) is 4.98. The number of hydrogen-bond donors (Lipinski definition) is 1. The van der Waals surface area contributed by atoms with E-state index >= 15 is 0 Å². The maximum atomic E-state index is 13.6. The van der Waals surface area contributed by atoms with Gasteiger partial charge in [0, 0.05) is 30.3 Å². The molecule has 2 rings (SSSR count). The standard InChI is InChI=1S/C16H16F2N2S/c1-20(10-13-5-6-14(17)8-15(13)18)9-11-3-2-4-12(7-11)16(19)21/h2-8H,9-10H2,1H3,(H2,19,21). The minimum Gasteiger partial charge on any atom is -0.389 e. The number of nitrogens with two attached hydrogens (primary N) is 1. The summed E-state index contributed by atoms with van der Waals surface area (Å²) in [6.07, 6.45) is 0. The van der Waals surface area contributed by atoms with Crippen LogP contribution in [0.2, 0.25) is 0 Å². The Labute approximate surface area is 128 Å². The molecule has 0 saturated heterocycles. The second-order valence-corrected chi connectivity index (χ2v) is 5.41. The first-order valence-electron chi connectivity index (χ1n) is 6.47. The van der Waals surface area contributed by atoms with Crippen LogP contribution in [0.5, 0.6) is 0 Å². The van der Waals surface area contributed by atoms with E-state index in [1.54, 1.807) is 0 Å². The van der Waals surface area contributed by atoms with Crippen molar-refractivity contribution in [3.8, 4) is 0 Å². The number of rotatable bonds is 5. The van der Waals surface area contributed by atoms with Crippen LogP contribution in [0, 0.1) is 11.6 Å². The molecule has 0 atom stereocenters. The Morgan fingerprint density at radius 3 is 2.57 bits per heavy atom. The molecule has 5 heteroatoms. The molecular formula is C16H16F2N2S. The molecule has 2 N–H and O–H groups in total. The van der Waals surface area contributed by atoms with Gasteiger partial charge in [0.25, 0.3) is 0 Å². The summed E-state index contributed by atoms with van der Waals surface area (Å²) in [6.45, 7) is 1.01. The monoisotopic (exact) mass is 306 g/mol. The molecule has 0 fully saturated rings. The number of halogens is 2. The average Bonchev–Trinajstić information content (AvgIpc) is 2.42. The number of benzene rings is 2. The van der Waals surface area contributed by atoms with E-state index in [9.17, 15) is 8.78 Å². The molecule has 21 heavy (non-hydrogen) atoms. The van der Waals surface area contributed by atoms with Crippen LogP contribution in [0.4, 0.5) is 8.78 Å². The van der Waals surface area contributed by atoms with Crippen LogP contribution in [0.1, 0.15) is 16.7 Å². The zero-order valence-electron chi connectivity index (χ0n) is 11.6. The molecule has 0 spiro atoms. The van der Waals surface area contributed by atoms with Crippen molar-refractivity contribution in [1.82, 2.24) is 4.90 Å². The van der Waals surface area contributed by atoms with Gasteiger partial charge < -0.3 is 5.73 Å². The molecule has 0 saturated carbocycles. The summed E-state index contributed by atoms with van der Waals surface area (Å²) in [5, 5.41) is 0. The highest BCUT2D eigenvalue weighted by Crippen LogP contribution is 2.14. The Balaban J connectivity index is 2.06. The first kappa shape index (κ1) is 15.5. The lowest BCUT2D eigenvalue weighted by atomic mass is 10.1. The van der Waals surface area contributed by atoms with Crippen LogP contribution in [-0.2, 0) is 13.1 Å². The van der Waals surface area contributed by atoms with Crippen molar-refractivity contribution in [2.45, 2.75) is 13.1 Å². The third-order valence-corrected chi connectivity index (χ3v) is 3.36. The van der Waals surface area contributed by atoms with Gasteiger partial charge in [0.15, 0.2) is 0 Å². The van der Waals surface area contributed by atoms with Crippen molar-refractivity contribution >= 4 is 17.2 Å². The summed E-state index contributed by atoms with van der Waals surface area (Å²) < 4.78 is 26.5. The maximum absolute atomic E-state index is 13.6. The summed E-state index contributed by atoms with van der Waals surface area (Å²) >= 11 is 4.95. The third-order valence-electron chi connectivity index (χ3n) is 3.12. The smallest absolute Gasteiger partial charge is 0.130 e. The fourth-order valence-electron chi connectivity index (χ4n) is 2.13. The molecule has 110 valence electrons. The van der Waals surface area contributed by atoms with Crippen molar-refractivity contribution in [3.05, 3.63) is 70.8 Å². The zero-order chi connectivity index (χ0) is 15.4. The third kappa shape index (κ3) is 4.31. The van der Waals surface area contributed by atoms with E-state index in [1.165, 1.54) is 12.1 Å². The summed E-state index contributed by atoms with van der Waals surface area (Å²) in [4.78, 5) is 2.29.